The van der Waals surface area contributed by atoms with E-state index in [1.54, 1.807) is 12.3 Å². The molecule has 1 fully saturated rings. The van der Waals surface area contributed by atoms with Gasteiger partial charge in [-0.05, 0) is 30.8 Å². The zero-order valence-corrected chi connectivity index (χ0v) is 17.2. The van der Waals surface area contributed by atoms with Crippen LogP contribution in [0.15, 0.2) is 30.5 Å². The Kier molecular flexibility index (Phi) is 6.06. The average molecular weight is 417 g/mol. The number of ether oxygens (including phenoxy) is 2. The van der Waals surface area contributed by atoms with Gasteiger partial charge in [0.05, 0.1) is 11.4 Å². The molecular weight excluding hydrogens is 392 g/mol. The van der Waals surface area contributed by atoms with Gasteiger partial charge in [0.2, 0.25) is 5.91 Å². The predicted octanol–water partition coefficient (Wildman–Crippen LogP) is 2.12. The van der Waals surface area contributed by atoms with E-state index in [0.29, 0.717) is 36.3 Å². The number of nitrogens with zero attached hydrogens (tertiary/aromatic N) is 3. The number of fused-ring (bicyclic) bond motifs is 1. The fraction of sp³-hybridized carbons (Fsp3) is 0.429. The molecule has 29 heavy (non-hydrogen) atoms. The van der Waals surface area contributed by atoms with Crippen LogP contribution in [0.5, 0.6) is 11.5 Å². The predicted molar refractivity (Wildman–Crippen MR) is 112 cm³/mol. The van der Waals surface area contributed by atoms with Crippen LogP contribution in [0.25, 0.3) is 0 Å². The van der Waals surface area contributed by atoms with Crippen molar-refractivity contribution in [3.05, 3.63) is 46.6 Å². The highest BCUT2D eigenvalue weighted by Crippen LogP contribution is 2.38. The Bertz CT molecular complexity index is 884. The van der Waals surface area contributed by atoms with Crippen molar-refractivity contribution in [2.75, 3.05) is 51.3 Å². The molecule has 2 aliphatic heterocycles. The van der Waals surface area contributed by atoms with Gasteiger partial charge in [-0.15, -0.1) is 0 Å². The van der Waals surface area contributed by atoms with E-state index in [2.05, 4.69) is 27.1 Å². The van der Waals surface area contributed by atoms with Gasteiger partial charge >= 0.3 is 0 Å². The molecule has 0 bridgehead atoms. The number of benzene rings is 1. The van der Waals surface area contributed by atoms with Crippen LogP contribution >= 0.6 is 11.6 Å². The Balaban J connectivity index is 1.39. The Labute approximate surface area is 175 Å². The molecule has 1 aromatic heterocycles. The number of carbonyl (C=O) groups excluding carboxylic acids is 1. The first kappa shape index (κ1) is 19.8. The standard InChI is InChI=1S/C21H25ClN4O3/c1-25-5-7-26(8-6-25)21-16(3-2-4-23-21)14-24-19(27)13-15-11-17(22)20-18(12-15)28-9-10-29-20/h2-4,11-12H,5-10,13-14H2,1H3,(H,24,27). The number of carbonyl (C=O) groups is 1. The summed E-state index contributed by atoms with van der Waals surface area (Å²) < 4.78 is 11.1. The topological polar surface area (TPSA) is 66.9 Å². The van der Waals surface area contributed by atoms with Crippen molar-refractivity contribution in [2.45, 2.75) is 13.0 Å². The molecule has 8 heteroatoms. The van der Waals surface area contributed by atoms with Crippen molar-refractivity contribution in [2.24, 2.45) is 0 Å². The smallest absolute Gasteiger partial charge is 0.224 e. The monoisotopic (exact) mass is 416 g/mol. The van der Waals surface area contributed by atoms with Gasteiger partial charge < -0.3 is 24.6 Å². The number of piperazine rings is 1. The molecule has 7 nitrogen and oxygen atoms in total. The second-order valence-electron chi connectivity index (χ2n) is 7.33. The second-order valence-corrected chi connectivity index (χ2v) is 7.74. The van der Waals surface area contributed by atoms with Crippen LogP contribution in [0.1, 0.15) is 11.1 Å². The van der Waals surface area contributed by atoms with E-state index in [-0.39, 0.29) is 12.3 Å². The molecule has 4 rings (SSSR count). The highest BCUT2D eigenvalue weighted by atomic mass is 35.5. The lowest BCUT2D eigenvalue weighted by molar-refractivity contribution is -0.120. The van der Waals surface area contributed by atoms with E-state index in [4.69, 9.17) is 21.1 Å². The van der Waals surface area contributed by atoms with E-state index in [9.17, 15) is 4.79 Å². The number of amides is 1. The molecule has 0 radical (unpaired) electrons. The number of aromatic nitrogens is 1. The molecule has 3 heterocycles. The van der Waals surface area contributed by atoms with Gasteiger partial charge in [-0.25, -0.2) is 4.98 Å². The molecule has 1 N–H and O–H groups in total. The first-order valence-corrected chi connectivity index (χ1v) is 10.2. The Morgan fingerprint density at radius 2 is 2.00 bits per heavy atom. The third-order valence-electron chi connectivity index (χ3n) is 5.17. The number of rotatable bonds is 5. The lowest BCUT2D eigenvalue weighted by Gasteiger charge is -2.34. The van der Waals surface area contributed by atoms with E-state index >= 15 is 0 Å². The van der Waals surface area contributed by atoms with Crippen molar-refractivity contribution >= 4 is 23.3 Å². The van der Waals surface area contributed by atoms with Crippen molar-refractivity contribution in [3.63, 3.8) is 0 Å². The van der Waals surface area contributed by atoms with Gasteiger partial charge in [0.25, 0.3) is 0 Å². The van der Waals surface area contributed by atoms with Gasteiger partial charge in [0.15, 0.2) is 11.5 Å². The molecule has 2 aliphatic rings. The van der Waals surface area contributed by atoms with Gasteiger partial charge in [-0.2, -0.15) is 0 Å². The van der Waals surface area contributed by atoms with Crippen LogP contribution in [-0.4, -0.2) is 62.2 Å². The summed E-state index contributed by atoms with van der Waals surface area (Å²) in [6, 6.07) is 7.50. The first-order valence-electron chi connectivity index (χ1n) is 9.82. The molecule has 154 valence electrons. The molecule has 0 saturated carbocycles. The molecule has 1 saturated heterocycles. The molecule has 1 aromatic carbocycles. The normalized spacial score (nSPS) is 16.6. The maximum Gasteiger partial charge on any atom is 0.224 e. The molecule has 0 spiro atoms. The maximum atomic E-state index is 12.5. The van der Waals surface area contributed by atoms with Crippen LogP contribution in [-0.2, 0) is 17.8 Å². The molecule has 2 aromatic rings. The largest absolute Gasteiger partial charge is 0.486 e. The quantitative estimate of drug-likeness (QED) is 0.805. The summed E-state index contributed by atoms with van der Waals surface area (Å²) in [5.74, 6) is 2.01. The lowest BCUT2D eigenvalue weighted by Crippen LogP contribution is -2.45. The minimum Gasteiger partial charge on any atom is -0.486 e. The number of halogens is 1. The summed E-state index contributed by atoms with van der Waals surface area (Å²) in [4.78, 5) is 21.7. The van der Waals surface area contributed by atoms with Crippen molar-refractivity contribution in [3.8, 4) is 11.5 Å². The van der Waals surface area contributed by atoms with E-state index < -0.39 is 0 Å². The third-order valence-corrected chi connectivity index (χ3v) is 5.45. The fourth-order valence-electron chi connectivity index (χ4n) is 3.58. The van der Waals surface area contributed by atoms with Crippen molar-refractivity contribution < 1.29 is 14.3 Å². The zero-order chi connectivity index (χ0) is 20.2. The SMILES string of the molecule is CN1CCN(c2ncccc2CNC(=O)Cc2cc(Cl)c3c(c2)OCCO3)CC1. The van der Waals surface area contributed by atoms with Crippen LogP contribution < -0.4 is 19.7 Å². The minimum atomic E-state index is -0.0778. The third kappa shape index (κ3) is 4.74. The van der Waals surface area contributed by atoms with Crippen molar-refractivity contribution in [1.29, 1.82) is 0 Å². The number of likely N-dealkylation sites (N-methyl/N-ethyl adjacent to an activating group) is 1. The number of hydrogen-bond donors (Lipinski definition) is 1. The van der Waals surface area contributed by atoms with Crippen molar-refractivity contribution in [1.82, 2.24) is 15.2 Å². The van der Waals surface area contributed by atoms with Gasteiger partial charge in [-0.3, -0.25) is 4.79 Å². The number of anilines is 1. The lowest BCUT2D eigenvalue weighted by atomic mass is 10.1. The summed E-state index contributed by atoms with van der Waals surface area (Å²) in [5.41, 5.74) is 1.81. The Morgan fingerprint density at radius 3 is 2.83 bits per heavy atom. The van der Waals surface area contributed by atoms with E-state index in [1.807, 2.05) is 18.2 Å². The summed E-state index contributed by atoms with van der Waals surface area (Å²) >= 11 is 6.27. The van der Waals surface area contributed by atoms with E-state index in [0.717, 1.165) is 43.1 Å². The Morgan fingerprint density at radius 1 is 1.21 bits per heavy atom. The summed E-state index contributed by atoms with van der Waals surface area (Å²) in [7, 11) is 2.13. The summed E-state index contributed by atoms with van der Waals surface area (Å²) in [5, 5.41) is 3.47. The highest BCUT2D eigenvalue weighted by molar-refractivity contribution is 6.32. The average Bonchev–Trinajstić information content (AvgIpc) is 2.73. The number of hydrogen-bond acceptors (Lipinski definition) is 6. The van der Waals surface area contributed by atoms with Crippen LogP contribution in [0.3, 0.4) is 0 Å². The van der Waals surface area contributed by atoms with Gasteiger partial charge in [0, 0.05) is 44.5 Å². The molecule has 0 aliphatic carbocycles. The fourth-order valence-corrected chi connectivity index (χ4v) is 3.87. The minimum absolute atomic E-state index is 0.0778. The van der Waals surface area contributed by atoms with Crippen LogP contribution in [0.2, 0.25) is 5.02 Å². The van der Waals surface area contributed by atoms with Crippen LogP contribution in [0, 0.1) is 0 Å². The summed E-state index contributed by atoms with van der Waals surface area (Å²) in [6.07, 6.45) is 2.02. The van der Waals surface area contributed by atoms with Gasteiger partial charge in [0.1, 0.15) is 19.0 Å². The number of pyridine rings is 1. The Hall–Kier alpha value is -2.51. The number of nitrogens with one attached hydrogen (secondary N) is 1. The van der Waals surface area contributed by atoms with Gasteiger partial charge in [-0.1, -0.05) is 17.7 Å². The molecule has 1 amide bonds. The maximum absolute atomic E-state index is 12.5. The zero-order valence-electron chi connectivity index (χ0n) is 16.5. The molecule has 0 atom stereocenters. The molecule has 0 unspecified atom stereocenters. The summed E-state index contributed by atoms with van der Waals surface area (Å²) in [6.45, 7) is 5.28. The van der Waals surface area contributed by atoms with Crippen LogP contribution in [0.4, 0.5) is 5.82 Å². The molecular formula is C21H25ClN4O3. The van der Waals surface area contributed by atoms with E-state index in [1.165, 1.54) is 0 Å². The first-order chi connectivity index (χ1) is 14.1. The highest BCUT2D eigenvalue weighted by Gasteiger charge is 2.19. The second kappa shape index (κ2) is 8.88.